The number of halogens is 1. The number of para-hydroxylation sites is 1. The van der Waals surface area contributed by atoms with Crippen molar-refractivity contribution in [2.75, 3.05) is 18.4 Å². The minimum atomic E-state index is -0.0602. The van der Waals surface area contributed by atoms with Crippen molar-refractivity contribution in [1.82, 2.24) is 10.2 Å². The Hall–Kier alpha value is -2.34. The molecular weight excluding hydrogens is 418 g/mol. The van der Waals surface area contributed by atoms with E-state index in [0.29, 0.717) is 25.4 Å². The van der Waals surface area contributed by atoms with E-state index in [1.54, 1.807) is 0 Å². The molecule has 2 N–H and O–H groups in total. The van der Waals surface area contributed by atoms with Crippen molar-refractivity contribution in [1.29, 1.82) is 0 Å². The minimum Gasteiger partial charge on any atom is -0.352 e. The van der Waals surface area contributed by atoms with E-state index < -0.39 is 0 Å². The number of carbonyl (C=O) groups is 2. The van der Waals surface area contributed by atoms with Gasteiger partial charge in [-0.25, -0.2) is 4.79 Å². The number of amides is 3. The zero-order valence-electron chi connectivity index (χ0n) is 15.9. The molecule has 0 radical (unpaired) electrons. The Balaban J connectivity index is 1.40. The highest BCUT2D eigenvalue weighted by Crippen LogP contribution is 2.22. The maximum absolute atomic E-state index is 12.5. The van der Waals surface area contributed by atoms with Gasteiger partial charge in [0.05, 0.1) is 0 Å². The van der Waals surface area contributed by atoms with E-state index in [1.165, 1.54) is 0 Å². The predicted octanol–water partition coefficient (Wildman–Crippen LogP) is 4.79. The lowest BCUT2D eigenvalue weighted by molar-refractivity contribution is -0.121. The van der Waals surface area contributed by atoms with Gasteiger partial charge < -0.3 is 15.5 Å². The molecule has 28 heavy (non-hydrogen) atoms. The van der Waals surface area contributed by atoms with Gasteiger partial charge in [0.25, 0.3) is 0 Å². The summed E-state index contributed by atoms with van der Waals surface area (Å²) in [6.45, 7) is 2.01. The minimum absolute atomic E-state index is 0.0602. The van der Waals surface area contributed by atoms with E-state index >= 15 is 0 Å². The monoisotopic (exact) mass is 443 g/mol. The first kappa shape index (κ1) is 20.4. The van der Waals surface area contributed by atoms with E-state index in [0.717, 1.165) is 41.5 Å². The molecule has 2 aromatic rings. The Morgan fingerprint density at radius 1 is 1.11 bits per heavy atom. The highest BCUT2D eigenvalue weighted by molar-refractivity contribution is 9.10. The molecule has 0 saturated carbocycles. The Kier molecular flexibility index (Phi) is 7.48. The number of carbonyl (C=O) groups excluding carboxylic acids is 2. The number of urea groups is 1. The molecule has 1 fully saturated rings. The summed E-state index contributed by atoms with van der Waals surface area (Å²) in [6, 6.07) is 17.4. The number of piperidine rings is 1. The van der Waals surface area contributed by atoms with Crippen molar-refractivity contribution in [2.45, 2.75) is 32.2 Å². The van der Waals surface area contributed by atoms with Gasteiger partial charge in [0, 0.05) is 36.2 Å². The van der Waals surface area contributed by atoms with Crippen molar-refractivity contribution in [3.05, 3.63) is 64.6 Å². The van der Waals surface area contributed by atoms with E-state index in [9.17, 15) is 9.59 Å². The smallest absolute Gasteiger partial charge is 0.321 e. The second-order valence-corrected chi connectivity index (χ2v) is 8.11. The number of hydrogen-bond acceptors (Lipinski definition) is 2. The SMILES string of the molecule is O=C(CCC1CCCN(C(=O)Nc2ccccc2)C1)NCc1cccc(Br)c1. The lowest BCUT2D eigenvalue weighted by Gasteiger charge is -2.32. The van der Waals surface area contributed by atoms with Gasteiger partial charge in [0.1, 0.15) is 0 Å². The van der Waals surface area contributed by atoms with Crippen LogP contribution in [0.15, 0.2) is 59.1 Å². The van der Waals surface area contributed by atoms with Crippen molar-refractivity contribution in [2.24, 2.45) is 5.92 Å². The van der Waals surface area contributed by atoms with Crippen LogP contribution in [-0.4, -0.2) is 29.9 Å². The molecule has 3 amide bonds. The number of nitrogens with zero attached hydrogens (tertiary/aromatic N) is 1. The van der Waals surface area contributed by atoms with Gasteiger partial charge >= 0.3 is 6.03 Å². The second kappa shape index (κ2) is 10.3. The molecular formula is C22H26BrN3O2. The van der Waals surface area contributed by atoms with Crippen LogP contribution < -0.4 is 10.6 Å². The van der Waals surface area contributed by atoms with Crippen LogP contribution in [0.3, 0.4) is 0 Å². The molecule has 1 saturated heterocycles. The van der Waals surface area contributed by atoms with Crippen molar-refractivity contribution in [3.8, 4) is 0 Å². The molecule has 0 bridgehead atoms. The Morgan fingerprint density at radius 2 is 1.93 bits per heavy atom. The largest absolute Gasteiger partial charge is 0.352 e. The first-order valence-electron chi connectivity index (χ1n) is 9.72. The van der Waals surface area contributed by atoms with Crippen LogP contribution in [0.5, 0.6) is 0 Å². The van der Waals surface area contributed by atoms with Gasteiger partial charge in [-0.15, -0.1) is 0 Å². The van der Waals surface area contributed by atoms with Gasteiger partial charge in [-0.1, -0.05) is 46.3 Å². The average molecular weight is 444 g/mol. The Labute approximate surface area is 174 Å². The summed E-state index contributed by atoms with van der Waals surface area (Å²) in [5.41, 5.74) is 1.88. The average Bonchev–Trinajstić information content (AvgIpc) is 2.72. The molecule has 1 unspecified atom stereocenters. The molecule has 0 aliphatic carbocycles. The van der Waals surface area contributed by atoms with Gasteiger partial charge in [0.15, 0.2) is 0 Å². The molecule has 1 atom stereocenters. The second-order valence-electron chi connectivity index (χ2n) is 7.20. The summed E-state index contributed by atoms with van der Waals surface area (Å²) in [5, 5.41) is 5.92. The van der Waals surface area contributed by atoms with Crippen LogP contribution >= 0.6 is 15.9 Å². The van der Waals surface area contributed by atoms with Gasteiger partial charge in [-0.2, -0.15) is 0 Å². The molecule has 0 aromatic heterocycles. The lowest BCUT2D eigenvalue weighted by Crippen LogP contribution is -2.42. The van der Waals surface area contributed by atoms with Crippen LogP contribution in [0, 0.1) is 5.92 Å². The molecule has 1 heterocycles. The first-order valence-corrected chi connectivity index (χ1v) is 10.5. The predicted molar refractivity (Wildman–Crippen MR) is 115 cm³/mol. The Morgan fingerprint density at radius 3 is 2.71 bits per heavy atom. The Bertz CT molecular complexity index is 797. The highest BCUT2D eigenvalue weighted by Gasteiger charge is 2.24. The van der Waals surface area contributed by atoms with Crippen LogP contribution in [0.2, 0.25) is 0 Å². The fraction of sp³-hybridized carbons (Fsp3) is 0.364. The summed E-state index contributed by atoms with van der Waals surface area (Å²) in [4.78, 5) is 26.5. The zero-order chi connectivity index (χ0) is 19.8. The van der Waals surface area contributed by atoms with Crippen LogP contribution in [0.25, 0.3) is 0 Å². The van der Waals surface area contributed by atoms with Gasteiger partial charge in [0.2, 0.25) is 5.91 Å². The van der Waals surface area contributed by atoms with Gasteiger partial charge in [-0.05, 0) is 55.0 Å². The lowest BCUT2D eigenvalue weighted by atomic mass is 9.93. The third-order valence-corrected chi connectivity index (χ3v) is 5.48. The van der Waals surface area contributed by atoms with E-state index in [2.05, 4.69) is 26.6 Å². The standard InChI is InChI=1S/C22H26BrN3O2/c23-19-8-4-6-18(14-19)15-24-21(27)12-11-17-7-5-13-26(16-17)22(28)25-20-9-2-1-3-10-20/h1-4,6,8-10,14,17H,5,7,11-13,15-16H2,(H,24,27)(H,25,28). The number of likely N-dealkylation sites (tertiary alicyclic amines) is 1. The number of rotatable bonds is 6. The van der Waals surface area contributed by atoms with Gasteiger partial charge in [-0.3, -0.25) is 4.79 Å². The maximum Gasteiger partial charge on any atom is 0.321 e. The molecule has 5 nitrogen and oxygen atoms in total. The first-order chi connectivity index (χ1) is 13.6. The van der Waals surface area contributed by atoms with Crippen LogP contribution in [-0.2, 0) is 11.3 Å². The number of nitrogens with one attached hydrogen (secondary N) is 2. The van der Waals surface area contributed by atoms with Crippen molar-refractivity contribution in [3.63, 3.8) is 0 Å². The molecule has 1 aliphatic rings. The number of hydrogen-bond donors (Lipinski definition) is 2. The summed E-state index contributed by atoms with van der Waals surface area (Å²) < 4.78 is 1.01. The zero-order valence-corrected chi connectivity index (χ0v) is 17.5. The molecule has 6 heteroatoms. The number of anilines is 1. The molecule has 2 aromatic carbocycles. The summed E-state index contributed by atoms with van der Waals surface area (Å²) in [7, 11) is 0. The third-order valence-electron chi connectivity index (χ3n) is 4.99. The molecule has 1 aliphatic heterocycles. The van der Waals surface area contributed by atoms with Crippen LogP contribution in [0.1, 0.15) is 31.2 Å². The fourth-order valence-electron chi connectivity index (χ4n) is 3.48. The van der Waals surface area contributed by atoms with E-state index in [4.69, 9.17) is 0 Å². The number of benzene rings is 2. The molecule has 0 spiro atoms. The highest BCUT2D eigenvalue weighted by atomic mass is 79.9. The third kappa shape index (κ3) is 6.37. The van der Waals surface area contributed by atoms with Crippen molar-refractivity contribution >= 4 is 33.6 Å². The van der Waals surface area contributed by atoms with E-state index in [-0.39, 0.29) is 11.9 Å². The summed E-state index contributed by atoms with van der Waals surface area (Å²) in [6.07, 6.45) is 3.34. The van der Waals surface area contributed by atoms with E-state index in [1.807, 2.05) is 59.5 Å². The quantitative estimate of drug-likeness (QED) is 0.673. The fourth-order valence-corrected chi connectivity index (χ4v) is 3.93. The normalized spacial score (nSPS) is 16.5. The molecule has 3 rings (SSSR count). The van der Waals surface area contributed by atoms with Crippen molar-refractivity contribution < 1.29 is 9.59 Å². The maximum atomic E-state index is 12.5. The summed E-state index contributed by atoms with van der Waals surface area (Å²) in [5.74, 6) is 0.428. The van der Waals surface area contributed by atoms with Crippen LogP contribution in [0.4, 0.5) is 10.5 Å². The topological polar surface area (TPSA) is 61.4 Å². The summed E-state index contributed by atoms with van der Waals surface area (Å²) >= 11 is 3.44. The molecule has 148 valence electrons.